The van der Waals surface area contributed by atoms with Crippen LogP contribution < -0.4 is 29.8 Å². The third-order valence-electron chi connectivity index (χ3n) is 6.13. The topological polar surface area (TPSA) is 102 Å². The van der Waals surface area contributed by atoms with Gasteiger partial charge in [0.1, 0.15) is 24.7 Å². The lowest BCUT2D eigenvalue weighted by Gasteiger charge is -2.24. The summed E-state index contributed by atoms with van der Waals surface area (Å²) in [4.78, 5) is 31.0. The molecule has 37 heavy (non-hydrogen) atoms. The molecule has 9 nitrogen and oxygen atoms in total. The first-order valence-corrected chi connectivity index (χ1v) is 11.8. The largest absolute Gasteiger partial charge is 0.497 e. The summed E-state index contributed by atoms with van der Waals surface area (Å²) < 4.78 is 22.0. The Morgan fingerprint density at radius 2 is 1.62 bits per heavy atom. The Hall–Kier alpha value is -4.66. The zero-order chi connectivity index (χ0) is 25.8. The van der Waals surface area contributed by atoms with Gasteiger partial charge in [-0.1, -0.05) is 18.2 Å². The van der Waals surface area contributed by atoms with E-state index in [1.807, 2.05) is 30.3 Å². The number of ether oxygens (including phenoxy) is 4. The van der Waals surface area contributed by atoms with Crippen molar-refractivity contribution in [3.63, 3.8) is 0 Å². The second kappa shape index (κ2) is 10.5. The molecule has 0 spiro atoms. The first-order valence-electron chi connectivity index (χ1n) is 11.8. The molecule has 0 saturated heterocycles. The number of aromatic amines is 1. The summed E-state index contributed by atoms with van der Waals surface area (Å²) >= 11 is 0. The molecule has 2 amide bonds. The number of fused-ring (bicyclic) bond motifs is 2. The molecule has 0 unspecified atom stereocenters. The van der Waals surface area contributed by atoms with Gasteiger partial charge in [0.15, 0.2) is 11.5 Å². The van der Waals surface area contributed by atoms with E-state index in [1.54, 1.807) is 55.5 Å². The Morgan fingerprint density at radius 3 is 2.35 bits per heavy atom. The highest BCUT2D eigenvalue weighted by molar-refractivity contribution is 5.89. The Kier molecular flexibility index (Phi) is 6.85. The van der Waals surface area contributed by atoms with Gasteiger partial charge < -0.3 is 34.1 Å². The number of aromatic nitrogens is 1. The van der Waals surface area contributed by atoms with Gasteiger partial charge in [0.2, 0.25) is 0 Å². The Balaban J connectivity index is 1.47. The molecule has 9 heteroatoms. The molecule has 1 aliphatic heterocycles. The van der Waals surface area contributed by atoms with Gasteiger partial charge in [0.05, 0.1) is 32.8 Å². The molecule has 1 aromatic heterocycles. The third-order valence-corrected chi connectivity index (χ3v) is 6.13. The summed E-state index contributed by atoms with van der Waals surface area (Å²) in [5, 5.41) is 3.69. The number of hydrogen-bond acceptors (Lipinski definition) is 6. The highest BCUT2D eigenvalue weighted by Crippen LogP contribution is 2.34. The van der Waals surface area contributed by atoms with Gasteiger partial charge in [-0.25, -0.2) is 4.79 Å². The summed E-state index contributed by atoms with van der Waals surface area (Å²) in [6.45, 7) is 1.22. The van der Waals surface area contributed by atoms with E-state index in [4.69, 9.17) is 18.9 Å². The molecule has 3 aromatic carbocycles. The van der Waals surface area contributed by atoms with Gasteiger partial charge in [0, 0.05) is 28.3 Å². The molecule has 0 fully saturated rings. The fourth-order valence-corrected chi connectivity index (χ4v) is 4.23. The zero-order valence-electron chi connectivity index (χ0n) is 20.6. The molecule has 0 radical (unpaired) electrons. The fraction of sp³-hybridized carbons (Fsp3) is 0.214. The van der Waals surface area contributed by atoms with E-state index in [2.05, 4.69) is 10.3 Å². The van der Waals surface area contributed by atoms with Crippen LogP contribution in [-0.2, 0) is 13.1 Å². The van der Waals surface area contributed by atoms with Crippen LogP contribution in [0.15, 0.2) is 71.5 Å². The summed E-state index contributed by atoms with van der Waals surface area (Å²) in [5.41, 5.74) is 2.20. The number of carbonyl (C=O) groups is 1. The number of rotatable bonds is 7. The molecule has 5 rings (SSSR count). The van der Waals surface area contributed by atoms with Crippen molar-refractivity contribution in [3.05, 3.63) is 88.2 Å². The van der Waals surface area contributed by atoms with Crippen LogP contribution in [0, 0.1) is 0 Å². The van der Waals surface area contributed by atoms with E-state index in [-0.39, 0.29) is 24.7 Å². The lowest BCUT2D eigenvalue weighted by molar-refractivity contribution is 0.172. The van der Waals surface area contributed by atoms with Gasteiger partial charge in [-0.2, -0.15) is 0 Å². The molecule has 2 heterocycles. The van der Waals surface area contributed by atoms with E-state index < -0.39 is 0 Å². The van der Waals surface area contributed by atoms with E-state index in [0.717, 1.165) is 10.9 Å². The van der Waals surface area contributed by atoms with E-state index >= 15 is 0 Å². The average molecular weight is 502 g/mol. The fourth-order valence-electron chi connectivity index (χ4n) is 4.23. The zero-order valence-corrected chi connectivity index (χ0v) is 20.6. The number of hydrogen-bond donors (Lipinski definition) is 2. The van der Waals surface area contributed by atoms with Crippen LogP contribution in [0.5, 0.6) is 23.0 Å². The van der Waals surface area contributed by atoms with Crippen LogP contribution >= 0.6 is 0 Å². The normalized spacial score (nSPS) is 12.2. The van der Waals surface area contributed by atoms with Crippen LogP contribution in [0.25, 0.3) is 10.9 Å². The monoisotopic (exact) mass is 501 g/mol. The highest BCUT2D eigenvalue weighted by Gasteiger charge is 2.20. The standard InChI is InChI=1S/C28H27N3O6/c1-34-22-9-7-21(8-10-22)29-28(33)31(16-18-5-3-4-6-24(18)35-2)17-20-13-19-14-25-26(37-12-11-36-25)15-23(19)30-27(20)32/h3-10,13-15H,11-12,16-17H2,1-2H3,(H,29,33)(H,30,32). The maximum absolute atomic E-state index is 13.4. The average Bonchev–Trinajstić information content (AvgIpc) is 2.92. The first-order chi connectivity index (χ1) is 18.0. The first kappa shape index (κ1) is 24.1. The van der Waals surface area contributed by atoms with Crippen molar-refractivity contribution in [2.45, 2.75) is 13.1 Å². The van der Waals surface area contributed by atoms with E-state index in [9.17, 15) is 9.59 Å². The van der Waals surface area contributed by atoms with Crippen molar-refractivity contribution in [2.75, 3.05) is 32.8 Å². The second-order valence-corrected chi connectivity index (χ2v) is 8.53. The summed E-state index contributed by atoms with van der Waals surface area (Å²) in [6.07, 6.45) is 0. The van der Waals surface area contributed by atoms with Crippen LogP contribution in [0.3, 0.4) is 0 Å². The maximum atomic E-state index is 13.4. The molecule has 190 valence electrons. The smallest absolute Gasteiger partial charge is 0.322 e. The van der Waals surface area contributed by atoms with Crippen LogP contribution in [0.2, 0.25) is 0 Å². The molecular formula is C28H27N3O6. The van der Waals surface area contributed by atoms with Crippen molar-refractivity contribution < 1.29 is 23.7 Å². The van der Waals surface area contributed by atoms with Crippen molar-refractivity contribution in [2.24, 2.45) is 0 Å². The highest BCUT2D eigenvalue weighted by atomic mass is 16.6. The number of anilines is 1. The summed E-state index contributed by atoms with van der Waals surface area (Å²) in [7, 11) is 3.17. The van der Waals surface area contributed by atoms with Crippen molar-refractivity contribution in [3.8, 4) is 23.0 Å². The summed E-state index contributed by atoms with van der Waals surface area (Å²) in [6, 6.07) is 19.5. The minimum atomic E-state index is -0.363. The van der Waals surface area contributed by atoms with E-state index in [0.29, 0.717) is 53.0 Å². The number of nitrogens with one attached hydrogen (secondary N) is 2. The minimum absolute atomic E-state index is 0.0692. The third kappa shape index (κ3) is 5.30. The Labute approximate surface area is 213 Å². The number of nitrogens with zero attached hydrogens (tertiary/aromatic N) is 1. The molecule has 0 atom stereocenters. The Bertz CT molecular complexity index is 1480. The quantitative estimate of drug-likeness (QED) is 0.385. The number of amides is 2. The van der Waals surface area contributed by atoms with Gasteiger partial charge in [-0.15, -0.1) is 0 Å². The second-order valence-electron chi connectivity index (χ2n) is 8.53. The number of carbonyl (C=O) groups excluding carboxylic acids is 1. The number of benzene rings is 3. The number of H-pyrrole nitrogens is 1. The molecular weight excluding hydrogens is 474 g/mol. The predicted octanol–water partition coefficient (Wildman–Crippen LogP) is 4.55. The van der Waals surface area contributed by atoms with Crippen LogP contribution in [-0.4, -0.2) is 43.3 Å². The number of pyridine rings is 1. The van der Waals surface area contributed by atoms with Gasteiger partial charge >= 0.3 is 6.03 Å². The Morgan fingerprint density at radius 1 is 0.919 bits per heavy atom. The number of urea groups is 1. The molecule has 4 aromatic rings. The lowest BCUT2D eigenvalue weighted by atomic mass is 10.1. The van der Waals surface area contributed by atoms with Crippen molar-refractivity contribution in [1.82, 2.24) is 9.88 Å². The van der Waals surface area contributed by atoms with E-state index in [1.165, 1.54) is 0 Å². The lowest BCUT2D eigenvalue weighted by Crippen LogP contribution is -2.35. The van der Waals surface area contributed by atoms with Gasteiger partial charge in [-0.05, 0) is 42.5 Å². The number of methoxy groups -OCH3 is 2. The van der Waals surface area contributed by atoms with Crippen LogP contribution in [0.4, 0.5) is 10.5 Å². The SMILES string of the molecule is COc1ccc(NC(=O)N(Cc2ccccc2OC)Cc2cc3cc4c(cc3[nH]c2=O)OCCO4)cc1. The van der Waals surface area contributed by atoms with Crippen molar-refractivity contribution in [1.29, 1.82) is 0 Å². The summed E-state index contributed by atoms with van der Waals surface area (Å²) in [5.74, 6) is 2.56. The van der Waals surface area contributed by atoms with Crippen molar-refractivity contribution >= 4 is 22.6 Å². The molecule has 2 N–H and O–H groups in total. The minimum Gasteiger partial charge on any atom is -0.497 e. The predicted molar refractivity (Wildman–Crippen MR) is 140 cm³/mol. The molecule has 1 aliphatic rings. The molecule has 0 aliphatic carbocycles. The van der Waals surface area contributed by atoms with Gasteiger partial charge in [-0.3, -0.25) is 4.79 Å². The maximum Gasteiger partial charge on any atom is 0.322 e. The van der Waals surface area contributed by atoms with Crippen LogP contribution in [0.1, 0.15) is 11.1 Å². The molecule has 0 bridgehead atoms. The molecule has 0 saturated carbocycles. The van der Waals surface area contributed by atoms with Gasteiger partial charge in [0.25, 0.3) is 5.56 Å². The number of para-hydroxylation sites is 1.